The minimum Gasteiger partial charge on any atom is -0.356 e. The Kier molecular flexibility index (Phi) is 7.27. The van der Waals surface area contributed by atoms with Gasteiger partial charge in [0.15, 0.2) is 0 Å². The molecular formula is C19H23FN2O. The smallest absolute Gasteiger partial charge is 0.221 e. The largest absolute Gasteiger partial charge is 0.356 e. The number of rotatable bonds is 9. The lowest BCUT2D eigenvalue weighted by atomic mass is 10.1. The highest BCUT2D eigenvalue weighted by Gasteiger charge is 2.02. The van der Waals surface area contributed by atoms with Crippen molar-refractivity contribution in [3.05, 3.63) is 71.5 Å². The van der Waals surface area contributed by atoms with Crippen molar-refractivity contribution in [1.82, 2.24) is 10.6 Å². The van der Waals surface area contributed by atoms with Gasteiger partial charge < -0.3 is 10.6 Å². The molecule has 0 aliphatic rings. The SMILES string of the molecule is O=C(CCNCc1ccccc1F)NCCCc1ccccc1. The number of carbonyl (C=O) groups is 1. The molecule has 2 aromatic carbocycles. The standard InChI is InChI=1S/C19H23FN2O/c20-18-11-5-4-10-17(18)15-21-14-12-19(23)22-13-6-9-16-7-2-1-3-8-16/h1-5,7-8,10-11,21H,6,9,12-15H2,(H,22,23). The molecule has 0 atom stereocenters. The average Bonchev–Trinajstić information content (AvgIpc) is 2.58. The number of hydrogen-bond donors (Lipinski definition) is 2. The summed E-state index contributed by atoms with van der Waals surface area (Å²) in [5, 5.41) is 6.00. The summed E-state index contributed by atoms with van der Waals surface area (Å²) in [7, 11) is 0. The highest BCUT2D eigenvalue weighted by atomic mass is 19.1. The third-order valence-electron chi connectivity index (χ3n) is 3.61. The van der Waals surface area contributed by atoms with Crippen molar-refractivity contribution in [2.75, 3.05) is 13.1 Å². The Bertz CT molecular complexity index is 601. The molecule has 0 aliphatic heterocycles. The lowest BCUT2D eigenvalue weighted by Gasteiger charge is -2.07. The van der Waals surface area contributed by atoms with E-state index in [1.54, 1.807) is 18.2 Å². The summed E-state index contributed by atoms with van der Waals surface area (Å²) in [5.74, 6) is -0.190. The van der Waals surface area contributed by atoms with Crippen LogP contribution in [0.25, 0.3) is 0 Å². The van der Waals surface area contributed by atoms with E-state index in [1.807, 2.05) is 18.2 Å². The molecule has 0 aliphatic carbocycles. The lowest BCUT2D eigenvalue weighted by Crippen LogP contribution is -2.28. The van der Waals surface area contributed by atoms with Gasteiger partial charge in [-0.2, -0.15) is 0 Å². The van der Waals surface area contributed by atoms with Gasteiger partial charge in [0.1, 0.15) is 5.82 Å². The first-order chi connectivity index (χ1) is 11.3. The summed E-state index contributed by atoms with van der Waals surface area (Å²) in [4.78, 5) is 11.7. The van der Waals surface area contributed by atoms with Crippen molar-refractivity contribution in [2.45, 2.75) is 25.8 Å². The maximum Gasteiger partial charge on any atom is 0.221 e. The van der Waals surface area contributed by atoms with Crippen LogP contribution in [-0.2, 0) is 17.8 Å². The number of aryl methyl sites for hydroxylation is 1. The molecule has 0 fully saturated rings. The monoisotopic (exact) mass is 314 g/mol. The van der Waals surface area contributed by atoms with Gasteiger partial charge in [-0.3, -0.25) is 4.79 Å². The van der Waals surface area contributed by atoms with Gasteiger partial charge >= 0.3 is 0 Å². The summed E-state index contributed by atoms with van der Waals surface area (Å²) < 4.78 is 13.4. The van der Waals surface area contributed by atoms with Crippen LogP contribution in [0.15, 0.2) is 54.6 Å². The Hall–Kier alpha value is -2.20. The van der Waals surface area contributed by atoms with Crippen LogP contribution in [-0.4, -0.2) is 19.0 Å². The van der Waals surface area contributed by atoms with E-state index < -0.39 is 0 Å². The van der Waals surface area contributed by atoms with E-state index in [0.29, 0.717) is 31.6 Å². The van der Waals surface area contributed by atoms with Crippen LogP contribution in [0.4, 0.5) is 4.39 Å². The van der Waals surface area contributed by atoms with Crippen molar-refractivity contribution in [3.8, 4) is 0 Å². The van der Waals surface area contributed by atoms with E-state index in [4.69, 9.17) is 0 Å². The second-order valence-corrected chi connectivity index (χ2v) is 5.46. The highest BCUT2D eigenvalue weighted by Crippen LogP contribution is 2.05. The summed E-state index contributed by atoms with van der Waals surface area (Å²) in [6.07, 6.45) is 2.30. The molecular weight excluding hydrogens is 291 g/mol. The zero-order chi connectivity index (χ0) is 16.3. The molecule has 4 heteroatoms. The minimum atomic E-state index is -0.217. The number of nitrogens with one attached hydrogen (secondary N) is 2. The molecule has 0 saturated carbocycles. The third-order valence-corrected chi connectivity index (χ3v) is 3.61. The molecule has 2 N–H and O–H groups in total. The van der Waals surface area contributed by atoms with Crippen molar-refractivity contribution >= 4 is 5.91 Å². The zero-order valence-corrected chi connectivity index (χ0v) is 13.2. The zero-order valence-electron chi connectivity index (χ0n) is 13.2. The van der Waals surface area contributed by atoms with Gasteiger partial charge in [-0.25, -0.2) is 4.39 Å². The third kappa shape index (κ3) is 6.61. The summed E-state index contributed by atoms with van der Waals surface area (Å²) in [6, 6.07) is 16.9. The predicted octanol–water partition coefficient (Wildman–Crippen LogP) is 3.05. The van der Waals surface area contributed by atoms with Crippen molar-refractivity contribution in [1.29, 1.82) is 0 Å². The van der Waals surface area contributed by atoms with Crippen LogP contribution >= 0.6 is 0 Å². The van der Waals surface area contributed by atoms with E-state index in [2.05, 4.69) is 22.8 Å². The second kappa shape index (κ2) is 9.74. The molecule has 0 radical (unpaired) electrons. The van der Waals surface area contributed by atoms with E-state index in [9.17, 15) is 9.18 Å². The van der Waals surface area contributed by atoms with Crippen LogP contribution in [0.5, 0.6) is 0 Å². The number of benzene rings is 2. The summed E-state index contributed by atoms with van der Waals surface area (Å²) >= 11 is 0. The van der Waals surface area contributed by atoms with Gasteiger partial charge in [-0.15, -0.1) is 0 Å². The van der Waals surface area contributed by atoms with Gasteiger partial charge in [0, 0.05) is 31.6 Å². The Morgan fingerprint density at radius 3 is 2.48 bits per heavy atom. The van der Waals surface area contributed by atoms with E-state index in [-0.39, 0.29) is 11.7 Å². The number of carbonyl (C=O) groups excluding carboxylic acids is 1. The molecule has 1 amide bonds. The highest BCUT2D eigenvalue weighted by molar-refractivity contribution is 5.75. The summed E-state index contributed by atoms with van der Waals surface area (Å²) in [5.41, 5.74) is 1.91. The van der Waals surface area contributed by atoms with Crippen LogP contribution in [0.1, 0.15) is 24.0 Å². The van der Waals surface area contributed by atoms with Crippen molar-refractivity contribution in [2.24, 2.45) is 0 Å². The topological polar surface area (TPSA) is 41.1 Å². The minimum absolute atomic E-state index is 0.0269. The first kappa shape index (κ1) is 17.2. The van der Waals surface area contributed by atoms with Crippen LogP contribution < -0.4 is 10.6 Å². The van der Waals surface area contributed by atoms with Crippen molar-refractivity contribution < 1.29 is 9.18 Å². The Labute approximate surface area is 136 Å². The maximum atomic E-state index is 13.4. The fraction of sp³-hybridized carbons (Fsp3) is 0.316. The summed E-state index contributed by atoms with van der Waals surface area (Å²) in [6.45, 7) is 1.66. The molecule has 2 aromatic rings. The number of amides is 1. The number of halogens is 1. The van der Waals surface area contributed by atoms with Gasteiger partial charge in [-0.1, -0.05) is 48.5 Å². The lowest BCUT2D eigenvalue weighted by molar-refractivity contribution is -0.121. The predicted molar refractivity (Wildman–Crippen MR) is 90.5 cm³/mol. The fourth-order valence-corrected chi connectivity index (χ4v) is 2.32. The van der Waals surface area contributed by atoms with Gasteiger partial charge in [0.2, 0.25) is 5.91 Å². The molecule has 0 saturated heterocycles. The molecule has 2 rings (SSSR count). The van der Waals surface area contributed by atoms with Crippen LogP contribution in [0.2, 0.25) is 0 Å². The molecule has 0 unspecified atom stereocenters. The molecule has 0 aromatic heterocycles. The molecule has 122 valence electrons. The van der Waals surface area contributed by atoms with E-state index in [0.717, 1.165) is 12.8 Å². The van der Waals surface area contributed by atoms with Gasteiger partial charge in [0.25, 0.3) is 0 Å². The number of hydrogen-bond acceptors (Lipinski definition) is 2. The van der Waals surface area contributed by atoms with Gasteiger partial charge in [0.05, 0.1) is 0 Å². The first-order valence-corrected chi connectivity index (χ1v) is 8.00. The molecule has 3 nitrogen and oxygen atoms in total. The Balaban J connectivity index is 1.53. The molecule has 23 heavy (non-hydrogen) atoms. The first-order valence-electron chi connectivity index (χ1n) is 8.00. The quantitative estimate of drug-likeness (QED) is 0.699. The fourth-order valence-electron chi connectivity index (χ4n) is 2.32. The Morgan fingerprint density at radius 1 is 0.957 bits per heavy atom. The van der Waals surface area contributed by atoms with Gasteiger partial charge in [-0.05, 0) is 24.5 Å². The Morgan fingerprint density at radius 2 is 1.70 bits per heavy atom. The average molecular weight is 314 g/mol. The normalized spacial score (nSPS) is 10.5. The molecule has 0 spiro atoms. The molecule has 0 bridgehead atoms. The second-order valence-electron chi connectivity index (χ2n) is 5.46. The van der Waals surface area contributed by atoms with Crippen LogP contribution in [0, 0.1) is 5.82 Å². The molecule has 0 heterocycles. The maximum absolute atomic E-state index is 13.4. The van der Waals surface area contributed by atoms with Crippen molar-refractivity contribution in [3.63, 3.8) is 0 Å². The van der Waals surface area contributed by atoms with E-state index >= 15 is 0 Å². The van der Waals surface area contributed by atoms with E-state index in [1.165, 1.54) is 11.6 Å². The van der Waals surface area contributed by atoms with Crippen LogP contribution in [0.3, 0.4) is 0 Å².